The Morgan fingerprint density at radius 2 is 1.94 bits per heavy atom. The van der Waals surface area contributed by atoms with Gasteiger partial charge >= 0.3 is 0 Å². The number of rotatable bonds is 2. The number of anilines is 1. The number of hydrogen-bond donors (Lipinski definition) is 2. The number of nitrogens with one attached hydrogen (secondary N) is 1. The van der Waals surface area contributed by atoms with Crippen LogP contribution in [0.15, 0.2) is 12.1 Å². The summed E-state index contributed by atoms with van der Waals surface area (Å²) >= 11 is 0. The molecule has 2 unspecified atom stereocenters. The Hall–Kier alpha value is -1.58. The fraction of sp³-hybridized carbons (Fsp3) is 0.538. The zero-order valence-electron chi connectivity index (χ0n) is 10.7. The van der Waals surface area contributed by atoms with E-state index in [0.29, 0.717) is 11.8 Å². The lowest BCUT2D eigenvalue weighted by Gasteiger charge is -2.20. The first-order chi connectivity index (χ1) is 7.99. The zero-order chi connectivity index (χ0) is 12.6. The number of pyridine rings is 1. The molecule has 2 atom stereocenters. The Kier molecular flexibility index (Phi) is 3.05. The second-order valence-corrected chi connectivity index (χ2v) is 5.10. The van der Waals surface area contributed by atoms with Crippen LogP contribution in [0.1, 0.15) is 25.1 Å². The Balaban J connectivity index is 2.37. The molecule has 4 heteroatoms. The first-order valence-electron chi connectivity index (χ1n) is 6.06. The van der Waals surface area contributed by atoms with Crippen molar-refractivity contribution in [2.24, 2.45) is 17.6 Å². The number of aryl methyl sites for hydroxylation is 1. The maximum atomic E-state index is 7.62. The van der Waals surface area contributed by atoms with Crippen LogP contribution in [0, 0.1) is 24.2 Å². The van der Waals surface area contributed by atoms with Crippen molar-refractivity contribution >= 4 is 11.7 Å². The predicted molar refractivity (Wildman–Crippen MR) is 70.5 cm³/mol. The van der Waals surface area contributed by atoms with E-state index in [1.165, 1.54) is 0 Å². The Labute approximate surface area is 102 Å². The minimum Gasteiger partial charge on any atom is -0.384 e. The van der Waals surface area contributed by atoms with E-state index in [1.807, 2.05) is 19.1 Å². The number of hydrogen-bond acceptors (Lipinski definition) is 3. The lowest BCUT2D eigenvalue weighted by Crippen LogP contribution is -2.25. The van der Waals surface area contributed by atoms with E-state index in [-0.39, 0.29) is 5.84 Å². The van der Waals surface area contributed by atoms with Gasteiger partial charge in [0, 0.05) is 18.8 Å². The topological polar surface area (TPSA) is 66.0 Å². The van der Waals surface area contributed by atoms with E-state index in [2.05, 4.69) is 23.7 Å². The standard InChI is InChI=1S/C13H20N4/c1-8-6-17(7-9(8)2)13-11(12(14)15)5-4-10(3)16-13/h4-5,8-9H,6-7H2,1-3H3,(H3,14,15). The van der Waals surface area contributed by atoms with Gasteiger partial charge in [0.1, 0.15) is 11.7 Å². The quantitative estimate of drug-likeness (QED) is 0.603. The van der Waals surface area contributed by atoms with Crippen LogP contribution >= 0.6 is 0 Å². The zero-order valence-corrected chi connectivity index (χ0v) is 10.7. The summed E-state index contributed by atoms with van der Waals surface area (Å²) < 4.78 is 0. The second kappa shape index (κ2) is 4.35. The molecule has 0 amide bonds. The van der Waals surface area contributed by atoms with Gasteiger partial charge in [-0.2, -0.15) is 0 Å². The van der Waals surface area contributed by atoms with Crippen molar-refractivity contribution in [3.05, 3.63) is 23.4 Å². The second-order valence-electron chi connectivity index (χ2n) is 5.10. The van der Waals surface area contributed by atoms with Crippen LogP contribution in [0.25, 0.3) is 0 Å². The predicted octanol–water partition coefficient (Wildman–Crippen LogP) is 1.77. The fourth-order valence-electron chi connectivity index (χ4n) is 2.30. The van der Waals surface area contributed by atoms with E-state index in [4.69, 9.17) is 11.1 Å². The van der Waals surface area contributed by atoms with Gasteiger partial charge in [-0.05, 0) is 30.9 Å². The molecule has 1 aromatic rings. The van der Waals surface area contributed by atoms with Crippen molar-refractivity contribution in [2.45, 2.75) is 20.8 Å². The largest absolute Gasteiger partial charge is 0.384 e. The molecule has 1 fully saturated rings. The van der Waals surface area contributed by atoms with Crippen LogP contribution in [0.5, 0.6) is 0 Å². The third-order valence-corrected chi connectivity index (χ3v) is 3.59. The molecular weight excluding hydrogens is 212 g/mol. The highest BCUT2D eigenvalue weighted by Gasteiger charge is 2.28. The van der Waals surface area contributed by atoms with Crippen LogP contribution in [-0.4, -0.2) is 23.9 Å². The third kappa shape index (κ3) is 2.25. The average Bonchev–Trinajstić information content (AvgIpc) is 2.58. The molecule has 2 rings (SSSR count). The first kappa shape index (κ1) is 11.9. The van der Waals surface area contributed by atoms with Gasteiger partial charge < -0.3 is 10.6 Å². The molecule has 1 aliphatic heterocycles. The Morgan fingerprint density at radius 3 is 2.47 bits per heavy atom. The summed E-state index contributed by atoms with van der Waals surface area (Å²) in [6.45, 7) is 8.48. The van der Waals surface area contributed by atoms with Crippen molar-refractivity contribution in [3.8, 4) is 0 Å². The highest BCUT2D eigenvalue weighted by Crippen LogP contribution is 2.28. The highest BCUT2D eigenvalue weighted by molar-refractivity contribution is 5.99. The summed E-state index contributed by atoms with van der Waals surface area (Å²) in [6.07, 6.45) is 0. The molecule has 3 N–H and O–H groups in total. The van der Waals surface area contributed by atoms with Crippen LogP contribution in [0.2, 0.25) is 0 Å². The summed E-state index contributed by atoms with van der Waals surface area (Å²) in [7, 11) is 0. The van der Waals surface area contributed by atoms with Gasteiger partial charge in [0.15, 0.2) is 0 Å². The van der Waals surface area contributed by atoms with E-state index in [9.17, 15) is 0 Å². The molecule has 0 saturated carbocycles. The van der Waals surface area contributed by atoms with Gasteiger partial charge in [0.2, 0.25) is 0 Å². The van der Waals surface area contributed by atoms with Crippen LogP contribution in [-0.2, 0) is 0 Å². The minimum atomic E-state index is 0.0970. The van der Waals surface area contributed by atoms with Gasteiger partial charge in [-0.3, -0.25) is 5.41 Å². The molecule has 4 nitrogen and oxygen atoms in total. The van der Waals surface area contributed by atoms with Gasteiger partial charge in [-0.15, -0.1) is 0 Å². The van der Waals surface area contributed by atoms with Crippen molar-refractivity contribution < 1.29 is 0 Å². The lowest BCUT2D eigenvalue weighted by molar-refractivity contribution is 0.494. The number of nitrogen functional groups attached to an aromatic ring is 1. The third-order valence-electron chi connectivity index (χ3n) is 3.59. The van der Waals surface area contributed by atoms with Gasteiger partial charge in [0.05, 0.1) is 5.56 Å². The van der Waals surface area contributed by atoms with E-state index in [0.717, 1.165) is 30.2 Å². The molecule has 0 radical (unpaired) electrons. The molecule has 0 aliphatic carbocycles. The highest BCUT2D eigenvalue weighted by atomic mass is 15.2. The Morgan fingerprint density at radius 1 is 1.35 bits per heavy atom. The number of aromatic nitrogens is 1. The van der Waals surface area contributed by atoms with Crippen molar-refractivity contribution in [3.63, 3.8) is 0 Å². The number of nitrogens with two attached hydrogens (primary N) is 1. The summed E-state index contributed by atoms with van der Waals surface area (Å²) in [4.78, 5) is 6.80. The molecule has 2 heterocycles. The van der Waals surface area contributed by atoms with Crippen LogP contribution in [0.4, 0.5) is 5.82 Å². The number of amidine groups is 1. The summed E-state index contributed by atoms with van der Waals surface area (Å²) in [5.41, 5.74) is 7.33. The molecule has 92 valence electrons. The Bertz CT molecular complexity index is 431. The summed E-state index contributed by atoms with van der Waals surface area (Å²) in [5.74, 6) is 2.29. The van der Waals surface area contributed by atoms with E-state index < -0.39 is 0 Å². The van der Waals surface area contributed by atoms with E-state index in [1.54, 1.807) is 0 Å². The first-order valence-corrected chi connectivity index (χ1v) is 6.06. The number of nitrogens with zero attached hydrogens (tertiary/aromatic N) is 2. The molecule has 1 saturated heterocycles. The normalized spacial score (nSPS) is 24.1. The minimum absolute atomic E-state index is 0.0970. The smallest absolute Gasteiger partial charge is 0.139 e. The maximum absolute atomic E-state index is 7.62. The SMILES string of the molecule is Cc1ccc(C(=N)N)c(N2CC(C)C(C)C2)n1. The maximum Gasteiger partial charge on any atom is 0.139 e. The molecule has 1 aliphatic rings. The molecule has 0 spiro atoms. The van der Waals surface area contributed by atoms with Crippen LogP contribution in [0.3, 0.4) is 0 Å². The molecule has 0 bridgehead atoms. The van der Waals surface area contributed by atoms with Crippen LogP contribution < -0.4 is 10.6 Å². The van der Waals surface area contributed by atoms with Gasteiger partial charge in [0.25, 0.3) is 0 Å². The van der Waals surface area contributed by atoms with Crippen molar-refractivity contribution in [1.82, 2.24) is 4.98 Å². The van der Waals surface area contributed by atoms with Gasteiger partial charge in [-0.25, -0.2) is 4.98 Å². The van der Waals surface area contributed by atoms with Crippen molar-refractivity contribution in [2.75, 3.05) is 18.0 Å². The lowest BCUT2D eigenvalue weighted by atomic mass is 10.0. The molecular formula is C13H20N4. The fourth-order valence-corrected chi connectivity index (χ4v) is 2.30. The average molecular weight is 232 g/mol. The summed E-state index contributed by atoms with van der Waals surface area (Å²) in [6, 6.07) is 3.80. The van der Waals surface area contributed by atoms with Crippen molar-refractivity contribution in [1.29, 1.82) is 5.41 Å². The molecule has 1 aromatic heterocycles. The monoisotopic (exact) mass is 232 g/mol. The summed E-state index contributed by atoms with van der Waals surface area (Å²) in [5, 5.41) is 7.62. The van der Waals surface area contributed by atoms with Gasteiger partial charge in [-0.1, -0.05) is 13.8 Å². The van der Waals surface area contributed by atoms with E-state index >= 15 is 0 Å². The molecule has 0 aromatic carbocycles. The molecule has 17 heavy (non-hydrogen) atoms.